The first-order valence-electron chi connectivity index (χ1n) is 9.20. The summed E-state index contributed by atoms with van der Waals surface area (Å²) >= 11 is 7.42. The Morgan fingerprint density at radius 2 is 1.93 bits per heavy atom. The van der Waals surface area contributed by atoms with Crippen molar-refractivity contribution in [1.82, 2.24) is 15.4 Å². The second-order valence-corrected chi connectivity index (χ2v) is 7.67. The first kappa shape index (κ1) is 20.7. The molecule has 0 aliphatic carbocycles. The fraction of sp³-hybridized carbons (Fsp3) is 0.421. The van der Waals surface area contributed by atoms with E-state index in [1.165, 1.54) is 23.0 Å². The number of anilines is 2. The zero-order valence-electron chi connectivity index (χ0n) is 16.0. The second-order valence-electron chi connectivity index (χ2n) is 6.34. The molecule has 2 aromatic rings. The van der Waals surface area contributed by atoms with Gasteiger partial charge in [-0.2, -0.15) is 0 Å². The van der Waals surface area contributed by atoms with Gasteiger partial charge in [0.1, 0.15) is 11.0 Å². The minimum atomic E-state index is -0.233. The number of nitrogens with one attached hydrogen (secondary N) is 1. The number of aromatic nitrogens is 2. The molecule has 150 valence electrons. The van der Waals surface area contributed by atoms with E-state index in [2.05, 4.69) is 56.4 Å². The summed E-state index contributed by atoms with van der Waals surface area (Å²) in [6.07, 6.45) is 0. The zero-order valence-corrected chi connectivity index (χ0v) is 17.6. The fourth-order valence-electron chi connectivity index (χ4n) is 3.02. The number of nitrogens with zero attached hydrogens (tertiary/aromatic N) is 4. The van der Waals surface area contributed by atoms with Crippen LogP contribution in [0.5, 0.6) is 0 Å². The van der Waals surface area contributed by atoms with E-state index in [0.29, 0.717) is 16.9 Å². The summed E-state index contributed by atoms with van der Waals surface area (Å²) in [5, 5.41) is 0.856. The molecule has 9 heteroatoms. The van der Waals surface area contributed by atoms with Crippen molar-refractivity contribution in [2.24, 2.45) is 0 Å². The van der Waals surface area contributed by atoms with Crippen molar-refractivity contribution in [3.63, 3.8) is 0 Å². The Balaban J connectivity index is 1.61. The van der Waals surface area contributed by atoms with Gasteiger partial charge in [-0.15, -0.1) is 0 Å². The van der Waals surface area contributed by atoms with Gasteiger partial charge < -0.3 is 9.80 Å². The smallest absolute Gasteiger partial charge is 0.254 e. The number of halogens is 1. The van der Waals surface area contributed by atoms with Crippen LogP contribution in [0.2, 0.25) is 5.15 Å². The fourth-order valence-corrected chi connectivity index (χ4v) is 3.89. The summed E-state index contributed by atoms with van der Waals surface area (Å²) in [5.41, 5.74) is 4.92. The summed E-state index contributed by atoms with van der Waals surface area (Å²) in [4.78, 5) is 30.0. The first-order chi connectivity index (χ1) is 13.6. The van der Waals surface area contributed by atoms with Gasteiger partial charge in [0.2, 0.25) is 0 Å². The summed E-state index contributed by atoms with van der Waals surface area (Å²) in [6, 6.07) is 10.2. The maximum absolute atomic E-state index is 11.7. The molecule has 3 rings (SSSR count). The van der Waals surface area contributed by atoms with Gasteiger partial charge in [0.25, 0.3) is 5.91 Å². The van der Waals surface area contributed by atoms with Crippen molar-refractivity contribution in [3.8, 4) is 0 Å². The molecule has 0 unspecified atom stereocenters. The molecule has 1 saturated heterocycles. The highest BCUT2D eigenvalue weighted by atomic mass is 35.5. The Hall–Kier alpha value is -2.03. The molecule has 7 nitrogen and oxygen atoms in total. The van der Waals surface area contributed by atoms with E-state index < -0.39 is 0 Å². The van der Waals surface area contributed by atoms with E-state index in [4.69, 9.17) is 16.4 Å². The summed E-state index contributed by atoms with van der Waals surface area (Å²) < 4.78 is 0. The SMILES string of the molecule is CCONC(=O)CSc1nc(Cl)cc(N2CCN(c3ccccc3C)CC2)n1. The number of aryl methyl sites for hydroxylation is 1. The Bertz CT molecular complexity index is 815. The lowest BCUT2D eigenvalue weighted by Gasteiger charge is -2.37. The van der Waals surface area contributed by atoms with Crippen molar-refractivity contribution < 1.29 is 9.63 Å². The maximum atomic E-state index is 11.7. The summed E-state index contributed by atoms with van der Waals surface area (Å²) in [6.45, 7) is 7.86. The molecular formula is C19H24ClN5O2S. The molecule has 1 aromatic carbocycles. The van der Waals surface area contributed by atoms with E-state index >= 15 is 0 Å². The number of piperazine rings is 1. The van der Waals surface area contributed by atoms with Crippen LogP contribution in [0.15, 0.2) is 35.5 Å². The molecule has 0 radical (unpaired) electrons. The Morgan fingerprint density at radius 3 is 2.64 bits per heavy atom. The zero-order chi connectivity index (χ0) is 19.9. The van der Waals surface area contributed by atoms with Crippen LogP contribution in [0.3, 0.4) is 0 Å². The van der Waals surface area contributed by atoms with E-state index in [9.17, 15) is 4.79 Å². The van der Waals surface area contributed by atoms with Crippen LogP contribution in [0.25, 0.3) is 0 Å². The quantitative estimate of drug-likeness (QED) is 0.319. The van der Waals surface area contributed by atoms with Gasteiger partial charge in [-0.25, -0.2) is 15.4 Å². The highest BCUT2D eigenvalue weighted by Crippen LogP contribution is 2.25. The minimum absolute atomic E-state index is 0.168. The highest BCUT2D eigenvalue weighted by Gasteiger charge is 2.20. The molecule has 1 aromatic heterocycles. The van der Waals surface area contributed by atoms with Gasteiger partial charge in [0.15, 0.2) is 5.16 Å². The van der Waals surface area contributed by atoms with Crippen LogP contribution >= 0.6 is 23.4 Å². The maximum Gasteiger partial charge on any atom is 0.254 e. The van der Waals surface area contributed by atoms with E-state index in [0.717, 1.165) is 32.0 Å². The number of hydrogen-bond acceptors (Lipinski definition) is 7. The summed E-state index contributed by atoms with van der Waals surface area (Å²) in [7, 11) is 0. The topological polar surface area (TPSA) is 70.6 Å². The van der Waals surface area contributed by atoms with Gasteiger partial charge in [-0.05, 0) is 25.5 Å². The lowest BCUT2D eigenvalue weighted by molar-refractivity contribution is -0.130. The third kappa shape index (κ3) is 5.50. The molecule has 1 N–H and O–H groups in total. The Kier molecular flexibility index (Phi) is 7.36. The second kappa shape index (κ2) is 9.95. The van der Waals surface area contributed by atoms with E-state index in [1.54, 1.807) is 13.0 Å². The highest BCUT2D eigenvalue weighted by molar-refractivity contribution is 7.99. The molecule has 2 heterocycles. The predicted molar refractivity (Wildman–Crippen MR) is 113 cm³/mol. The predicted octanol–water partition coefficient (Wildman–Crippen LogP) is 2.92. The van der Waals surface area contributed by atoms with E-state index in [-0.39, 0.29) is 11.7 Å². The Labute approximate surface area is 174 Å². The molecule has 1 fully saturated rings. The van der Waals surface area contributed by atoms with Gasteiger partial charge >= 0.3 is 0 Å². The molecule has 1 aliphatic rings. The normalized spacial score (nSPS) is 14.2. The van der Waals surface area contributed by atoms with Crippen molar-refractivity contribution >= 4 is 40.8 Å². The molecule has 0 atom stereocenters. The minimum Gasteiger partial charge on any atom is -0.368 e. The summed E-state index contributed by atoms with van der Waals surface area (Å²) in [5.74, 6) is 0.724. The number of hydroxylamine groups is 1. The first-order valence-corrected chi connectivity index (χ1v) is 10.6. The van der Waals surface area contributed by atoms with Gasteiger partial charge in [-0.1, -0.05) is 41.6 Å². The van der Waals surface area contributed by atoms with E-state index in [1.807, 2.05) is 0 Å². The van der Waals surface area contributed by atoms with Crippen molar-refractivity contribution in [2.75, 3.05) is 48.3 Å². The van der Waals surface area contributed by atoms with Crippen LogP contribution in [0.1, 0.15) is 12.5 Å². The number of carbonyl (C=O) groups excluding carboxylic acids is 1. The number of rotatable bonds is 7. The molecule has 1 aliphatic heterocycles. The van der Waals surface area contributed by atoms with Crippen molar-refractivity contribution in [1.29, 1.82) is 0 Å². The number of carbonyl (C=O) groups is 1. The number of para-hydroxylation sites is 1. The average Bonchev–Trinajstić information content (AvgIpc) is 2.71. The largest absolute Gasteiger partial charge is 0.368 e. The molecule has 0 bridgehead atoms. The van der Waals surface area contributed by atoms with Crippen LogP contribution in [-0.2, 0) is 9.63 Å². The third-order valence-corrected chi connectivity index (χ3v) is 5.42. The average molecular weight is 422 g/mol. The molecule has 0 spiro atoms. The lowest BCUT2D eigenvalue weighted by Crippen LogP contribution is -2.47. The number of benzene rings is 1. The number of thioether (sulfide) groups is 1. The number of amides is 1. The number of hydrogen-bond donors (Lipinski definition) is 1. The molecular weight excluding hydrogens is 398 g/mol. The van der Waals surface area contributed by atoms with Crippen LogP contribution < -0.4 is 15.3 Å². The molecule has 1 amide bonds. The van der Waals surface area contributed by atoms with Crippen LogP contribution in [0.4, 0.5) is 11.5 Å². The van der Waals surface area contributed by atoms with Gasteiger partial charge in [0, 0.05) is 37.9 Å². The van der Waals surface area contributed by atoms with Gasteiger partial charge in [-0.3, -0.25) is 9.63 Å². The van der Waals surface area contributed by atoms with Crippen molar-refractivity contribution in [3.05, 3.63) is 41.0 Å². The van der Waals surface area contributed by atoms with Crippen LogP contribution in [-0.4, -0.2) is 54.4 Å². The lowest BCUT2D eigenvalue weighted by atomic mass is 10.1. The van der Waals surface area contributed by atoms with Crippen molar-refractivity contribution in [2.45, 2.75) is 19.0 Å². The van der Waals surface area contributed by atoms with Crippen LogP contribution in [0, 0.1) is 6.92 Å². The third-order valence-electron chi connectivity index (χ3n) is 4.38. The van der Waals surface area contributed by atoms with Gasteiger partial charge in [0.05, 0.1) is 12.4 Å². The molecule has 0 saturated carbocycles. The Morgan fingerprint density at radius 1 is 1.21 bits per heavy atom. The standard InChI is InChI=1S/C19H24ClN5O2S/c1-3-27-23-18(26)13-28-19-21-16(20)12-17(22-19)25-10-8-24(9-11-25)15-7-5-4-6-14(15)2/h4-7,12H,3,8-11,13H2,1-2H3,(H,23,26). The molecule has 28 heavy (non-hydrogen) atoms. The monoisotopic (exact) mass is 421 g/mol.